The maximum absolute atomic E-state index is 10.1. The Morgan fingerprint density at radius 2 is 2.21 bits per heavy atom. The predicted molar refractivity (Wildman–Crippen MR) is 69.2 cm³/mol. The molecule has 1 aromatic carbocycles. The molecule has 0 bridgehead atoms. The summed E-state index contributed by atoms with van der Waals surface area (Å²) < 4.78 is 12.2. The molecule has 1 aromatic heterocycles. The lowest BCUT2D eigenvalue weighted by Gasteiger charge is -2.12. The summed E-state index contributed by atoms with van der Waals surface area (Å²) in [6.07, 6.45) is 1.21. The molecule has 0 saturated heterocycles. The van der Waals surface area contributed by atoms with Crippen molar-refractivity contribution in [2.45, 2.75) is 6.10 Å². The fourth-order valence-corrected chi connectivity index (χ4v) is 1.95. The van der Waals surface area contributed by atoms with Crippen LogP contribution >= 0.6 is 0 Å². The van der Waals surface area contributed by atoms with Crippen molar-refractivity contribution in [3.8, 4) is 11.5 Å². The minimum absolute atomic E-state index is 0.237. The minimum atomic E-state index is -0.628. The zero-order valence-corrected chi connectivity index (χ0v) is 10.5. The third-order valence-electron chi connectivity index (χ3n) is 2.97. The molecule has 3 rings (SSSR count). The molecule has 19 heavy (non-hydrogen) atoms. The Kier molecular flexibility index (Phi) is 3.00. The molecule has 6 nitrogen and oxygen atoms in total. The van der Waals surface area contributed by atoms with E-state index in [1.54, 1.807) is 10.7 Å². The Balaban J connectivity index is 1.65. The molecule has 0 saturated carbocycles. The van der Waals surface area contributed by atoms with E-state index in [1.165, 1.54) is 0 Å². The SMILES string of the molecule is Cn1ccc(NCC(O)c2ccc3c(c2)OCO3)n1. The van der Waals surface area contributed by atoms with E-state index in [2.05, 4.69) is 10.4 Å². The van der Waals surface area contributed by atoms with Crippen molar-refractivity contribution >= 4 is 5.82 Å². The van der Waals surface area contributed by atoms with Gasteiger partial charge in [0.05, 0.1) is 6.10 Å². The summed E-state index contributed by atoms with van der Waals surface area (Å²) in [5.41, 5.74) is 0.785. The van der Waals surface area contributed by atoms with E-state index in [-0.39, 0.29) is 6.79 Å². The molecule has 1 aliphatic heterocycles. The predicted octanol–water partition coefficient (Wildman–Crippen LogP) is 1.29. The smallest absolute Gasteiger partial charge is 0.231 e. The van der Waals surface area contributed by atoms with Crippen LogP contribution in [-0.4, -0.2) is 28.2 Å². The largest absolute Gasteiger partial charge is 0.454 e. The van der Waals surface area contributed by atoms with Crippen molar-refractivity contribution in [1.29, 1.82) is 0 Å². The molecule has 2 N–H and O–H groups in total. The van der Waals surface area contributed by atoms with Crippen molar-refractivity contribution in [3.05, 3.63) is 36.0 Å². The average molecular weight is 261 g/mol. The van der Waals surface area contributed by atoms with Gasteiger partial charge >= 0.3 is 0 Å². The zero-order valence-electron chi connectivity index (χ0n) is 10.5. The van der Waals surface area contributed by atoms with Crippen molar-refractivity contribution in [2.24, 2.45) is 7.05 Å². The molecule has 1 aliphatic rings. The molecule has 1 unspecified atom stereocenters. The number of nitrogens with one attached hydrogen (secondary N) is 1. The molecule has 0 fully saturated rings. The number of ether oxygens (including phenoxy) is 2. The first kappa shape index (κ1) is 11.9. The maximum atomic E-state index is 10.1. The quantitative estimate of drug-likeness (QED) is 0.868. The van der Waals surface area contributed by atoms with Crippen molar-refractivity contribution in [3.63, 3.8) is 0 Å². The van der Waals surface area contributed by atoms with Crippen LogP contribution in [0.15, 0.2) is 30.5 Å². The van der Waals surface area contributed by atoms with Crippen LogP contribution in [0.1, 0.15) is 11.7 Å². The molecule has 2 aromatic rings. The number of nitrogens with zero attached hydrogens (tertiary/aromatic N) is 2. The van der Waals surface area contributed by atoms with Gasteiger partial charge in [-0.1, -0.05) is 6.07 Å². The second kappa shape index (κ2) is 4.81. The number of hydrogen-bond donors (Lipinski definition) is 2. The highest BCUT2D eigenvalue weighted by molar-refractivity contribution is 5.45. The second-order valence-electron chi connectivity index (χ2n) is 4.38. The number of benzene rings is 1. The Bertz CT molecular complexity index is 582. The van der Waals surface area contributed by atoms with E-state index in [4.69, 9.17) is 9.47 Å². The summed E-state index contributed by atoms with van der Waals surface area (Å²) in [7, 11) is 1.85. The highest BCUT2D eigenvalue weighted by atomic mass is 16.7. The Morgan fingerprint density at radius 1 is 1.37 bits per heavy atom. The molecule has 0 radical (unpaired) electrons. The lowest BCUT2D eigenvalue weighted by molar-refractivity contribution is 0.173. The fraction of sp³-hybridized carbons (Fsp3) is 0.308. The number of aryl methyl sites for hydroxylation is 1. The van der Waals surface area contributed by atoms with Gasteiger partial charge < -0.3 is 19.9 Å². The molecule has 100 valence electrons. The Morgan fingerprint density at radius 3 is 3.00 bits per heavy atom. The molecular weight excluding hydrogens is 246 g/mol. The number of anilines is 1. The Hall–Kier alpha value is -2.21. The lowest BCUT2D eigenvalue weighted by atomic mass is 10.1. The summed E-state index contributed by atoms with van der Waals surface area (Å²) in [5, 5.41) is 17.4. The maximum Gasteiger partial charge on any atom is 0.231 e. The van der Waals surface area contributed by atoms with Crippen LogP contribution in [0.4, 0.5) is 5.82 Å². The van der Waals surface area contributed by atoms with Crippen LogP contribution in [0.3, 0.4) is 0 Å². The van der Waals surface area contributed by atoms with Gasteiger partial charge in [0.2, 0.25) is 6.79 Å². The highest BCUT2D eigenvalue weighted by Gasteiger charge is 2.16. The van der Waals surface area contributed by atoms with Gasteiger partial charge in [0.25, 0.3) is 0 Å². The van der Waals surface area contributed by atoms with Gasteiger partial charge in [-0.15, -0.1) is 0 Å². The van der Waals surface area contributed by atoms with Crippen LogP contribution in [0.25, 0.3) is 0 Å². The highest BCUT2D eigenvalue weighted by Crippen LogP contribution is 2.34. The van der Waals surface area contributed by atoms with E-state index in [0.29, 0.717) is 18.0 Å². The third kappa shape index (κ3) is 2.48. The van der Waals surface area contributed by atoms with E-state index >= 15 is 0 Å². The van der Waals surface area contributed by atoms with Gasteiger partial charge in [-0.2, -0.15) is 5.10 Å². The van der Waals surface area contributed by atoms with E-state index < -0.39 is 6.10 Å². The Labute approximate surface area is 110 Å². The molecular formula is C13H15N3O3. The van der Waals surface area contributed by atoms with Gasteiger partial charge in [-0.05, 0) is 17.7 Å². The summed E-state index contributed by atoms with van der Waals surface area (Å²) in [6, 6.07) is 7.29. The summed E-state index contributed by atoms with van der Waals surface area (Å²) in [6.45, 7) is 0.623. The van der Waals surface area contributed by atoms with E-state index in [9.17, 15) is 5.11 Å². The molecule has 0 amide bonds. The number of aliphatic hydroxyl groups excluding tert-OH is 1. The molecule has 2 heterocycles. The second-order valence-corrected chi connectivity index (χ2v) is 4.38. The minimum Gasteiger partial charge on any atom is -0.454 e. The summed E-state index contributed by atoms with van der Waals surface area (Å²) in [5.74, 6) is 2.13. The van der Waals surface area contributed by atoms with Crippen LogP contribution < -0.4 is 14.8 Å². The summed E-state index contributed by atoms with van der Waals surface area (Å²) in [4.78, 5) is 0. The van der Waals surface area contributed by atoms with Crippen LogP contribution in [-0.2, 0) is 7.05 Å². The molecule has 1 atom stereocenters. The normalized spacial score (nSPS) is 14.4. The molecule has 6 heteroatoms. The van der Waals surface area contributed by atoms with Crippen LogP contribution in [0.5, 0.6) is 11.5 Å². The van der Waals surface area contributed by atoms with Crippen LogP contribution in [0, 0.1) is 0 Å². The monoisotopic (exact) mass is 261 g/mol. The van der Waals surface area contributed by atoms with Gasteiger partial charge in [0.1, 0.15) is 5.82 Å². The van der Waals surface area contributed by atoms with Crippen molar-refractivity contribution < 1.29 is 14.6 Å². The molecule has 0 aliphatic carbocycles. The zero-order chi connectivity index (χ0) is 13.2. The molecule has 0 spiro atoms. The first-order valence-electron chi connectivity index (χ1n) is 6.03. The number of aliphatic hydroxyl groups is 1. The third-order valence-corrected chi connectivity index (χ3v) is 2.97. The first-order valence-corrected chi connectivity index (χ1v) is 6.03. The van der Waals surface area contributed by atoms with Gasteiger partial charge in [-0.3, -0.25) is 4.68 Å². The summed E-state index contributed by atoms with van der Waals surface area (Å²) >= 11 is 0. The standard InChI is InChI=1S/C13H15N3O3/c1-16-5-4-13(15-16)14-7-10(17)9-2-3-11-12(6-9)19-8-18-11/h2-6,10,17H,7-8H2,1H3,(H,14,15). The fourth-order valence-electron chi connectivity index (χ4n) is 1.95. The topological polar surface area (TPSA) is 68.5 Å². The van der Waals surface area contributed by atoms with E-state index in [1.807, 2.05) is 31.4 Å². The van der Waals surface area contributed by atoms with E-state index in [0.717, 1.165) is 11.4 Å². The van der Waals surface area contributed by atoms with Crippen molar-refractivity contribution in [1.82, 2.24) is 9.78 Å². The van der Waals surface area contributed by atoms with Crippen LogP contribution in [0.2, 0.25) is 0 Å². The van der Waals surface area contributed by atoms with Crippen molar-refractivity contribution in [2.75, 3.05) is 18.7 Å². The average Bonchev–Trinajstić information content (AvgIpc) is 3.03. The van der Waals surface area contributed by atoms with Gasteiger partial charge in [0.15, 0.2) is 11.5 Å². The number of hydrogen-bond acceptors (Lipinski definition) is 5. The number of aromatic nitrogens is 2. The lowest BCUT2D eigenvalue weighted by Crippen LogP contribution is -2.12. The number of fused-ring (bicyclic) bond motifs is 1. The van der Waals surface area contributed by atoms with Gasteiger partial charge in [-0.25, -0.2) is 0 Å². The first-order chi connectivity index (χ1) is 9.22. The van der Waals surface area contributed by atoms with Gasteiger partial charge in [0, 0.05) is 25.9 Å². The number of rotatable bonds is 4.